The fourth-order valence-electron chi connectivity index (χ4n) is 2.19. The lowest BCUT2D eigenvalue weighted by Crippen LogP contribution is -2.28. The van der Waals surface area contributed by atoms with Gasteiger partial charge in [0, 0.05) is 30.8 Å². The van der Waals surface area contributed by atoms with Gasteiger partial charge >= 0.3 is 0 Å². The molecule has 0 unspecified atom stereocenters. The number of halogens is 1. The molecule has 21 heavy (non-hydrogen) atoms. The van der Waals surface area contributed by atoms with E-state index in [1.54, 1.807) is 12.0 Å². The minimum Gasteiger partial charge on any atom is -0.497 e. The molecule has 1 amide bonds. The molecule has 0 aliphatic heterocycles. The Morgan fingerprint density at radius 2 is 2.00 bits per heavy atom. The first kappa shape index (κ1) is 15.6. The summed E-state index contributed by atoms with van der Waals surface area (Å²) in [6.07, 6.45) is 1.93. The molecule has 2 aromatic rings. The van der Waals surface area contributed by atoms with Gasteiger partial charge in [0.15, 0.2) is 0 Å². The predicted octanol–water partition coefficient (Wildman–Crippen LogP) is 3.55. The van der Waals surface area contributed by atoms with E-state index >= 15 is 0 Å². The number of aryl methyl sites for hydroxylation is 1. The number of carbonyl (C=O) groups excluding carboxylic acids is 1. The fraction of sp³-hybridized carbons (Fsp3) is 0.312. The van der Waals surface area contributed by atoms with Gasteiger partial charge in [-0.25, -0.2) is 0 Å². The van der Waals surface area contributed by atoms with Gasteiger partial charge in [0.25, 0.3) is 5.91 Å². The quantitative estimate of drug-likeness (QED) is 0.826. The van der Waals surface area contributed by atoms with Crippen molar-refractivity contribution in [1.29, 1.82) is 0 Å². The van der Waals surface area contributed by atoms with Crippen molar-refractivity contribution in [2.24, 2.45) is 0 Å². The second kappa shape index (κ2) is 6.80. The number of methoxy groups -OCH3 is 1. The van der Waals surface area contributed by atoms with Crippen LogP contribution in [0.15, 0.2) is 41.0 Å². The summed E-state index contributed by atoms with van der Waals surface area (Å²) in [7, 11) is 3.45. The van der Waals surface area contributed by atoms with Gasteiger partial charge in [-0.15, -0.1) is 0 Å². The molecule has 0 atom stereocenters. The molecule has 1 aromatic heterocycles. The van der Waals surface area contributed by atoms with Crippen molar-refractivity contribution in [2.45, 2.75) is 20.0 Å². The Hall–Kier alpha value is -1.75. The van der Waals surface area contributed by atoms with Crippen LogP contribution in [-0.4, -0.2) is 29.5 Å². The molecular formula is C16H19BrN2O2. The maximum Gasteiger partial charge on any atom is 0.270 e. The molecule has 0 fully saturated rings. The average molecular weight is 351 g/mol. The van der Waals surface area contributed by atoms with E-state index in [4.69, 9.17) is 4.74 Å². The first-order valence-electron chi connectivity index (χ1n) is 6.79. The Labute approximate surface area is 133 Å². The van der Waals surface area contributed by atoms with Gasteiger partial charge < -0.3 is 14.2 Å². The third-order valence-electron chi connectivity index (χ3n) is 3.35. The molecule has 1 heterocycles. The maximum absolute atomic E-state index is 12.5. The number of hydrogen-bond donors (Lipinski definition) is 0. The minimum absolute atomic E-state index is 0.0124. The number of carbonyl (C=O) groups is 1. The van der Waals surface area contributed by atoms with Crippen molar-refractivity contribution < 1.29 is 9.53 Å². The van der Waals surface area contributed by atoms with Crippen molar-refractivity contribution in [2.75, 3.05) is 14.2 Å². The van der Waals surface area contributed by atoms with Gasteiger partial charge in [-0.2, -0.15) is 0 Å². The SMILES string of the molecule is CCn1cc(Br)cc1C(=O)N(C)Cc1ccc(OC)cc1. The molecule has 1 aromatic carbocycles. The first-order chi connectivity index (χ1) is 10.0. The summed E-state index contributed by atoms with van der Waals surface area (Å²) in [5.74, 6) is 0.829. The smallest absolute Gasteiger partial charge is 0.270 e. The van der Waals surface area contributed by atoms with E-state index in [2.05, 4.69) is 15.9 Å². The summed E-state index contributed by atoms with van der Waals surface area (Å²) in [6.45, 7) is 3.35. The minimum atomic E-state index is 0.0124. The first-order valence-corrected chi connectivity index (χ1v) is 7.58. The third-order valence-corrected chi connectivity index (χ3v) is 3.78. The molecule has 0 bridgehead atoms. The molecular weight excluding hydrogens is 332 g/mol. The largest absolute Gasteiger partial charge is 0.497 e. The van der Waals surface area contributed by atoms with Crippen LogP contribution in [0.1, 0.15) is 23.0 Å². The molecule has 2 rings (SSSR count). The second-order valence-corrected chi connectivity index (χ2v) is 5.75. The van der Waals surface area contributed by atoms with Crippen LogP contribution in [0, 0.1) is 0 Å². The third kappa shape index (κ3) is 3.67. The molecule has 0 saturated carbocycles. The lowest BCUT2D eigenvalue weighted by Gasteiger charge is -2.18. The summed E-state index contributed by atoms with van der Waals surface area (Å²) < 4.78 is 8.00. The predicted molar refractivity (Wildman–Crippen MR) is 86.6 cm³/mol. The molecule has 0 aliphatic carbocycles. The number of benzene rings is 1. The zero-order chi connectivity index (χ0) is 15.4. The Morgan fingerprint density at radius 1 is 1.33 bits per heavy atom. The van der Waals surface area contributed by atoms with Crippen LogP contribution in [0.2, 0.25) is 0 Å². The molecule has 112 valence electrons. The van der Waals surface area contributed by atoms with Crippen LogP contribution in [0.5, 0.6) is 5.75 Å². The summed E-state index contributed by atoms with van der Waals surface area (Å²) in [5, 5.41) is 0. The maximum atomic E-state index is 12.5. The Balaban J connectivity index is 2.11. The number of aromatic nitrogens is 1. The summed E-state index contributed by atoms with van der Waals surface area (Å²) in [5.41, 5.74) is 1.76. The summed E-state index contributed by atoms with van der Waals surface area (Å²) in [4.78, 5) is 14.2. The van der Waals surface area contributed by atoms with E-state index in [0.717, 1.165) is 22.3 Å². The number of hydrogen-bond acceptors (Lipinski definition) is 2. The van der Waals surface area contributed by atoms with Crippen molar-refractivity contribution in [1.82, 2.24) is 9.47 Å². The average Bonchev–Trinajstić information content (AvgIpc) is 2.88. The molecule has 0 spiro atoms. The summed E-state index contributed by atoms with van der Waals surface area (Å²) >= 11 is 3.42. The zero-order valence-electron chi connectivity index (χ0n) is 12.5. The van der Waals surface area contributed by atoms with Gasteiger partial charge in [0.2, 0.25) is 0 Å². The summed E-state index contributed by atoms with van der Waals surface area (Å²) in [6, 6.07) is 9.60. The van der Waals surface area contributed by atoms with Crippen molar-refractivity contribution >= 4 is 21.8 Å². The van der Waals surface area contributed by atoms with Crippen LogP contribution in [0.4, 0.5) is 0 Å². The van der Waals surface area contributed by atoms with E-state index in [-0.39, 0.29) is 5.91 Å². The fourth-order valence-corrected chi connectivity index (χ4v) is 2.65. The van der Waals surface area contributed by atoms with Crippen LogP contribution in [-0.2, 0) is 13.1 Å². The highest BCUT2D eigenvalue weighted by Gasteiger charge is 2.16. The highest BCUT2D eigenvalue weighted by atomic mass is 79.9. The van der Waals surface area contributed by atoms with Gasteiger partial charge in [0.1, 0.15) is 11.4 Å². The second-order valence-electron chi connectivity index (χ2n) is 4.84. The number of ether oxygens (including phenoxy) is 1. The van der Waals surface area contributed by atoms with Gasteiger partial charge in [-0.05, 0) is 46.6 Å². The molecule has 0 aliphatic rings. The van der Waals surface area contributed by atoms with E-state index in [0.29, 0.717) is 12.2 Å². The van der Waals surface area contributed by atoms with Crippen LogP contribution >= 0.6 is 15.9 Å². The van der Waals surface area contributed by atoms with E-state index in [1.807, 2.05) is 55.1 Å². The van der Waals surface area contributed by atoms with Crippen molar-refractivity contribution in [3.63, 3.8) is 0 Å². The highest BCUT2D eigenvalue weighted by molar-refractivity contribution is 9.10. The van der Waals surface area contributed by atoms with Crippen LogP contribution < -0.4 is 4.74 Å². The number of amides is 1. The topological polar surface area (TPSA) is 34.5 Å². The Morgan fingerprint density at radius 3 is 2.57 bits per heavy atom. The molecule has 5 heteroatoms. The lowest BCUT2D eigenvalue weighted by atomic mass is 10.2. The molecule has 0 radical (unpaired) electrons. The normalized spacial score (nSPS) is 10.5. The lowest BCUT2D eigenvalue weighted by molar-refractivity contribution is 0.0774. The van der Waals surface area contributed by atoms with E-state index < -0.39 is 0 Å². The van der Waals surface area contributed by atoms with Crippen LogP contribution in [0.3, 0.4) is 0 Å². The Kier molecular flexibility index (Phi) is 5.07. The molecule has 4 nitrogen and oxygen atoms in total. The molecule has 0 saturated heterocycles. The zero-order valence-corrected chi connectivity index (χ0v) is 14.1. The monoisotopic (exact) mass is 350 g/mol. The Bertz CT molecular complexity index is 620. The molecule has 0 N–H and O–H groups in total. The highest BCUT2D eigenvalue weighted by Crippen LogP contribution is 2.18. The van der Waals surface area contributed by atoms with Gasteiger partial charge in [-0.1, -0.05) is 12.1 Å². The van der Waals surface area contributed by atoms with E-state index in [9.17, 15) is 4.79 Å². The van der Waals surface area contributed by atoms with Crippen molar-refractivity contribution in [3.05, 3.63) is 52.3 Å². The number of nitrogens with zero attached hydrogens (tertiary/aromatic N) is 2. The van der Waals surface area contributed by atoms with Crippen LogP contribution in [0.25, 0.3) is 0 Å². The standard InChI is InChI=1S/C16H19BrN2O2/c1-4-19-11-13(17)9-15(19)16(20)18(2)10-12-5-7-14(21-3)8-6-12/h5-9,11H,4,10H2,1-3H3. The van der Waals surface area contributed by atoms with Crippen molar-refractivity contribution in [3.8, 4) is 5.75 Å². The number of rotatable bonds is 5. The van der Waals surface area contributed by atoms with Gasteiger partial charge in [-0.3, -0.25) is 4.79 Å². The van der Waals surface area contributed by atoms with E-state index in [1.165, 1.54) is 0 Å². The van der Waals surface area contributed by atoms with Gasteiger partial charge in [0.05, 0.1) is 7.11 Å².